The highest BCUT2D eigenvalue weighted by Crippen LogP contribution is 2.28. The van der Waals surface area contributed by atoms with Crippen LogP contribution >= 0.6 is 0 Å². The average molecular weight is 400 g/mol. The van der Waals surface area contributed by atoms with E-state index in [2.05, 4.69) is 10.3 Å². The maximum atomic E-state index is 12.1. The molecule has 0 saturated heterocycles. The topological polar surface area (TPSA) is 60.5 Å². The molecule has 0 spiro atoms. The highest BCUT2D eigenvalue weighted by molar-refractivity contribution is 5.99. The van der Waals surface area contributed by atoms with Gasteiger partial charge in [-0.15, -0.1) is 0 Å². The monoisotopic (exact) mass is 399 g/mol. The number of rotatable bonds is 6. The highest BCUT2D eigenvalue weighted by atomic mass is 35.5. The lowest BCUT2D eigenvalue weighted by Crippen LogP contribution is -3.00. The SMILES string of the molecule is CCOC(=O)c1ccc2nc(C)cc(Nc3ccc(OC(C)C)cc3)c2c1.[Cl-]. The summed E-state index contributed by atoms with van der Waals surface area (Å²) >= 11 is 0. The summed E-state index contributed by atoms with van der Waals surface area (Å²) in [5, 5.41) is 4.29. The minimum atomic E-state index is -0.332. The molecule has 1 heterocycles. The van der Waals surface area contributed by atoms with Gasteiger partial charge in [-0.2, -0.15) is 0 Å². The molecule has 2 aromatic carbocycles. The Morgan fingerprint density at radius 3 is 2.46 bits per heavy atom. The van der Waals surface area contributed by atoms with Crippen molar-refractivity contribution in [2.75, 3.05) is 11.9 Å². The maximum Gasteiger partial charge on any atom is 0.338 e. The number of benzene rings is 2. The summed E-state index contributed by atoms with van der Waals surface area (Å²) in [6, 6.07) is 15.2. The van der Waals surface area contributed by atoms with Crippen molar-refractivity contribution >= 4 is 28.2 Å². The summed E-state index contributed by atoms with van der Waals surface area (Å²) in [7, 11) is 0. The number of halogens is 1. The minimum absolute atomic E-state index is 0. The van der Waals surface area contributed by atoms with E-state index < -0.39 is 0 Å². The van der Waals surface area contributed by atoms with Gasteiger partial charge in [-0.05, 0) is 76.2 Å². The Balaban J connectivity index is 0.00000280. The first-order valence-electron chi connectivity index (χ1n) is 9.08. The van der Waals surface area contributed by atoms with E-state index in [1.165, 1.54) is 0 Å². The summed E-state index contributed by atoms with van der Waals surface area (Å²) in [4.78, 5) is 16.6. The van der Waals surface area contributed by atoms with Crippen molar-refractivity contribution in [2.45, 2.75) is 33.8 Å². The van der Waals surface area contributed by atoms with Crippen LogP contribution in [0.5, 0.6) is 5.75 Å². The molecule has 28 heavy (non-hydrogen) atoms. The average Bonchev–Trinajstić information content (AvgIpc) is 2.62. The fourth-order valence-electron chi connectivity index (χ4n) is 2.85. The summed E-state index contributed by atoms with van der Waals surface area (Å²) in [5.74, 6) is 0.497. The number of aryl methyl sites for hydroxylation is 1. The fraction of sp³-hybridized carbons (Fsp3) is 0.273. The summed E-state index contributed by atoms with van der Waals surface area (Å²) in [6.45, 7) is 8.09. The molecule has 3 rings (SSSR count). The molecular formula is C22H24ClN2O3-. The second-order valence-electron chi connectivity index (χ2n) is 6.58. The number of carbonyl (C=O) groups is 1. The van der Waals surface area contributed by atoms with Gasteiger partial charge in [0.05, 0.1) is 23.8 Å². The third kappa shape index (κ3) is 5.14. The smallest absolute Gasteiger partial charge is 0.338 e. The van der Waals surface area contributed by atoms with Gasteiger partial charge in [0, 0.05) is 22.5 Å². The summed E-state index contributed by atoms with van der Waals surface area (Å²) < 4.78 is 10.8. The Kier molecular flexibility index (Phi) is 7.24. The van der Waals surface area contributed by atoms with Crippen molar-refractivity contribution < 1.29 is 26.7 Å². The van der Waals surface area contributed by atoms with Gasteiger partial charge in [-0.3, -0.25) is 4.98 Å². The summed E-state index contributed by atoms with van der Waals surface area (Å²) in [5.41, 5.74) is 4.05. The molecule has 0 aliphatic carbocycles. The van der Waals surface area contributed by atoms with E-state index in [9.17, 15) is 4.79 Å². The number of carbonyl (C=O) groups excluding carboxylic acids is 1. The normalized spacial score (nSPS) is 10.5. The van der Waals surface area contributed by atoms with Crippen LogP contribution in [0, 0.1) is 6.92 Å². The quantitative estimate of drug-likeness (QED) is 0.644. The second-order valence-corrected chi connectivity index (χ2v) is 6.58. The van der Waals surface area contributed by atoms with Gasteiger partial charge in [0.25, 0.3) is 0 Å². The van der Waals surface area contributed by atoms with Crippen LogP contribution in [-0.2, 0) is 4.74 Å². The van der Waals surface area contributed by atoms with Crippen LogP contribution in [0.1, 0.15) is 36.8 Å². The number of hydrogen-bond acceptors (Lipinski definition) is 5. The first-order valence-corrected chi connectivity index (χ1v) is 9.08. The van der Waals surface area contributed by atoms with Crippen LogP contribution in [0.15, 0.2) is 48.5 Å². The molecule has 0 atom stereocenters. The third-order valence-electron chi connectivity index (χ3n) is 3.95. The molecule has 0 radical (unpaired) electrons. The number of hydrogen-bond donors (Lipinski definition) is 1. The van der Waals surface area contributed by atoms with E-state index in [1.54, 1.807) is 13.0 Å². The van der Waals surface area contributed by atoms with Crippen molar-refractivity contribution in [1.29, 1.82) is 0 Å². The molecular weight excluding hydrogens is 376 g/mol. The van der Waals surface area contributed by atoms with Crippen molar-refractivity contribution in [3.63, 3.8) is 0 Å². The molecule has 6 heteroatoms. The predicted molar refractivity (Wildman–Crippen MR) is 108 cm³/mol. The van der Waals surface area contributed by atoms with E-state index in [4.69, 9.17) is 9.47 Å². The van der Waals surface area contributed by atoms with Crippen LogP contribution < -0.4 is 22.5 Å². The number of nitrogens with one attached hydrogen (secondary N) is 1. The van der Waals surface area contributed by atoms with Crippen molar-refractivity contribution in [1.82, 2.24) is 4.98 Å². The first kappa shape index (κ1) is 21.5. The Labute approximate surface area is 171 Å². The van der Waals surface area contributed by atoms with Crippen molar-refractivity contribution in [2.24, 2.45) is 0 Å². The highest BCUT2D eigenvalue weighted by Gasteiger charge is 2.11. The molecule has 0 saturated carbocycles. The Morgan fingerprint density at radius 1 is 1.11 bits per heavy atom. The zero-order chi connectivity index (χ0) is 19.4. The van der Waals surface area contributed by atoms with Gasteiger partial charge in [0.15, 0.2) is 0 Å². The van der Waals surface area contributed by atoms with Crippen molar-refractivity contribution in [3.8, 4) is 5.75 Å². The maximum absolute atomic E-state index is 12.1. The number of pyridine rings is 1. The van der Waals surface area contributed by atoms with Crippen LogP contribution in [0.4, 0.5) is 11.4 Å². The van der Waals surface area contributed by atoms with Gasteiger partial charge < -0.3 is 27.2 Å². The number of fused-ring (bicyclic) bond motifs is 1. The van der Waals surface area contributed by atoms with Gasteiger partial charge in [0.2, 0.25) is 0 Å². The molecule has 0 bridgehead atoms. The molecule has 148 valence electrons. The number of ether oxygens (including phenoxy) is 2. The lowest BCUT2D eigenvalue weighted by Gasteiger charge is -2.13. The molecule has 0 aliphatic heterocycles. The van der Waals surface area contributed by atoms with Crippen LogP contribution in [0.3, 0.4) is 0 Å². The lowest BCUT2D eigenvalue weighted by atomic mass is 10.1. The van der Waals surface area contributed by atoms with Gasteiger partial charge in [-0.25, -0.2) is 4.79 Å². The Hall–Kier alpha value is -2.79. The van der Waals surface area contributed by atoms with Gasteiger partial charge >= 0.3 is 5.97 Å². The van der Waals surface area contributed by atoms with Crippen LogP contribution in [0.2, 0.25) is 0 Å². The van der Waals surface area contributed by atoms with Crippen LogP contribution in [-0.4, -0.2) is 23.7 Å². The van der Waals surface area contributed by atoms with E-state index in [0.717, 1.165) is 33.7 Å². The molecule has 0 aliphatic rings. The molecule has 0 unspecified atom stereocenters. The van der Waals surface area contributed by atoms with E-state index in [0.29, 0.717) is 12.2 Å². The Morgan fingerprint density at radius 2 is 1.82 bits per heavy atom. The number of esters is 1. The van der Waals surface area contributed by atoms with Crippen LogP contribution in [0.25, 0.3) is 10.9 Å². The number of aromatic nitrogens is 1. The van der Waals surface area contributed by atoms with E-state index in [1.807, 2.05) is 63.2 Å². The Bertz CT molecular complexity index is 956. The standard InChI is InChI=1S/C22H24N2O3.ClH/c1-5-26-22(25)16-6-11-20-19(13-16)21(12-15(4)23-20)24-17-7-9-18(10-8-17)27-14(2)3;/h6-14H,5H2,1-4H3,(H,23,24);1H/p-1. The summed E-state index contributed by atoms with van der Waals surface area (Å²) in [6.07, 6.45) is 0.136. The molecule has 3 aromatic rings. The van der Waals surface area contributed by atoms with E-state index in [-0.39, 0.29) is 24.5 Å². The second kappa shape index (κ2) is 9.42. The molecule has 0 amide bonds. The zero-order valence-electron chi connectivity index (χ0n) is 16.5. The third-order valence-corrected chi connectivity index (χ3v) is 3.95. The molecule has 0 fully saturated rings. The zero-order valence-corrected chi connectivity index (χ0v) is 17.2. The first-order chi connectivity index (χ1) is 13.0. The fourth-order valence-corrected chi connectivity index (χ4v) is 2.85. The number of nitrogens with zero attached hydrogens (tertiary/aromatic N) is 1. The van der Waals surface area contributed by atoms with Gasteiger partial charge in [0.1, 0.15) is 5.75 Å². The molecule has 5 nitrogen and oxygen atoms in total. The minimum Gasteiger partial charge on any atom is -1.00 e. The van der Waals surface area contributed by atoms with Crippen molar-refractivity contribution in [3.05, 3.63) is 59.8 Å². The lowest BCUT2D eigenvalue weighted by molar-refractivity contribution is -0.0000248. The molecule has 1 aromatic heterocycles. The molecule has 1 N–H and O–H groups in total. The van der Waals surface area contributed by atoms with Gasteiger partial charge in [-0.1, -0.05) is 0 Å². The predicted octanol–water partition coefficient (Wildman–Crippen LogP) is 2.25. The number of anilines is 2. The van der Waals surface area contributed by atoms with E-state index >= 15 is 0 Å². The largest absolute Gasteiger partial charge is 1.00 e.